The van der Waals surface area contributed by atoms with Gasteiger partial charge in [-0.3, -0.25) is 0 Å². The van der Waals surface area contributed by atoms with Gasteiger partial charge in [0.15, 0.2) is 0 Å². The predicted molar refractivity (Wildman–Crippen MR) is 76.0 cm³/mol. The Labute approximate surface area is 119 Å². The number of benzene rings is 1. The number of sulfonamides is 1. The Morgan fingerprint density at radius 3 is 2.65 bits per heavy atom. The molecule has 0 amide bonds. The number of carboxylic acid groups (broad SMARTS) is 1. The van der Waals surface area contributed by atoms with E-state index in [0.29, 0.717) is 12.0 Å². The number of aromatic carboxylic acids is 1. The molecule has 108 valence electrons. The molecule has 1 unspecified atom stereocenters. The predicted octanol–water partition coefficient (Wildman–Crippen LogP) is 1.64. The van der Waals surface area contributed by atoms with Crippen molar-refractivity contribution in [2.75, 3.05) is 0 Å². The topological polar surface area (TPSA) is 83.5 Å². The van der Waals surface area contributed by atoms with E-state index in [9.17, 15) is 13.2 Å². The maximum absolute atomic E-state index is 12.1. The van der Waals surface area contributed by atoms with E-state index in [0.717, 1.165) is 0 Å². The summed E-state index contributed by atoms with van der Waals surface area (Å²) in [5.41, 5.74) is 0.591. The van der Waals surface area contributed by atoms with E-state index in [2.05, 4.69) is 10.6 Å². The van der Waals surface area contributed by atoms with Crippen LogP contribution in [0.3, 0.4) is 0 Å². The largest absolute Gasteiger partial charge is 0.478 e. The second-order valence-electron chi connectivity index (χ2n) is 4.41. The first-order chi connectivity index (χ1) is 9.31. The number of terminal acetylenes is 1. The Balaban J connectivity index is 3.17. The maximum Gasteiger partial charge on any atom is 0.336 e. The molecule has 0 fully saturated rings. The third kappa shape index (κ3) is 3.83. The highest BCUT2D eigenvalue weighted by Gasteiger charge is 2.20. The molecule has 2 N–H and O–H groups in total. The van der Waals surface area contributed by atoms with Crippen molar-refractivity contribution < 1.29 is 18.3 Å². The van der Waals surface area contributed by atoms with E-state index in [1.54, 1.807) is 6.92 Å². The van der Waals surface area contributed by atoms with Gasteiger partial charge in [0, 0.05) is 12.5 Å². The fraction of sp³-hybridized carbons (Fsp3) is 0.357. The quantitative estimate of drug-likeness (QED) is 0.781. The Bertz CT molecular complexity index is 644. The van der Waals surface area contributed by atoms with Crippen LogP contribution in [0.1, 0.15) is 36.2 Å². The highest BCUT2D eigenvalue weighted by atomic mass is 32.2. The molecule has 0 radical (unpaired) electrons. The van der Waals surface area contributed by atoms with Crippen LogP contribution in [0.15, 0.2) is 23.1 Å². The van der Waals surface area contributed by atoms with Crippen LogP contribution < -0.4 is 4.72 Å². The molecule has 0 aromatic heterocycles. The van der Waals surface area contributed by atoms with Crippen LogP contribution in [0.25, 0.3) is 0 Å². The molecule has 1 atom stereocenters. The molecule has 1 aromatic rings. The molecule has 0 saturated carbocycles. The van der Waals surface area contributed by atoms with Gasteiger partial charge < -0.3 is 5.11 Å². The van der Waals surface area contributed by atoms with Crippen LogP contribution in [0, 0.1) is 12.3 Å². The monoisotopic (exact) mass is 295 g/mol. The molecule has 0 aliphatic carbocycles. The lowest BCUT2D eigenvalue weighted by atomic mass is 10.1. The van der Waals surface area contributed by atoms with Gasteiger partial charge in [-0.1, -0.05) is 13.0 Å². The van der Waals surface area contributed by atoms with Crippen molar-refractivity contribution >= 4 is 16.0 Å². The molecule has 1 rings (SSSR count). The summed E-state index contributed by atoms with van der Waals surface area (Å²) in [7, 11) is -3.77. The van der Waals surface area contributed by atoms with Crippen LogP contribution in [-0.2, 0) is 16.4 Å². The highest BCUT2D eigenvalue weighted by molar-refractivity contribution is 7.89. The lowest BCUT2D eigenvalue weighted by Crippen LogP contribution is -2.32. The molecular formula is C14H17NO4S. The van der Waals surface area contributed by atoms with Gasteiger partial charge in [-0.15, -0.1) is 12.3 Å². The molecule has 0 aliphatic heterocycles. The summed E-state index contributed by atoms with van der Waals surface area (Å²) in [5.74, 6) is 1.23. The Morgan fingerprint density at radius 1 is 1.50 bits per heavy atom. The van der Waals surface area contributed by atoms with Crippen LogP contribution in [0.2, 0.25) is 0 Å². The Morgan fingerprint density at radius 2 is 2.15 bits per heavy atom. The van der Waals surface area contributed by atoms with Gasteiger partial charge in [0.1, 0.15) is 0 Å². The summed E-state index contributed by atoms with van der Waals surface area (Å²) in [6, 6.07) is 3.68. The molecule has 0 saturated heterocycles. The summed E-state index contributed by atoms with van der Waals surface area (Å²) in [5, 5.41) is 9.11. The van der Waals surface area contributed by atoms with Crippen LogP contribution in [0.5, 0.6) is 0 Å². The van der Waals surface area contributed by atoms with Crippen LogP contribution in [-0.4, -0.2) is 25.5 Å². The Kier molecular flexibility index (Phi) is 5.31. The van der Waals surface area contributed by atoms with Crippen LogP contribution >= 0.6 is 0 Å². The Hall–Kier alpha value is -1.84. The van der Waals surface area contributed by atoms with Gasteiger partial charge in [-0.25, -0.2) is 17.9 Å². The van der Waals surface area contributed by atoms with Gasteiger partial charge in [0.2, 0.25) is 10.0 Å². The smallest absolute Gasteiger partial charge is 0.336 e. The zero-order chi connectivity index (χ0) is 15.3. The first-order valence-corrected chi connectivity index (χ1v) is 7.62. The van der Waals surface area contributed by atoms with Gasteiger partial charge >= 0.3 is 5.97 Å². The number of rotatable bonds is 6. The zero-order valence-corrected chi connectivity index (χ0v) is 12.2. The molecule has 0 bridgehead atoms. The summed E-state index contributed by atoms with van der Waals surface area (Å²) in [6.07, 6.45) is 5.90. The van der Waals surface area contributed by atoms with E-state index in [-0.39, 0.29) is 16.9 Å². The molecule has 0 aliphatic rings. The van der Waals surface area contributed by atoms with Crippen molar-refractivity contribution in [1.82, 2.24) is 4.72 Å². The van der Waals surface area contributed by atoms with Gasteiger partial charge in [-0.05, 0) is 31.0 Å². The lowest BCUT2D eigenvalue weighted by Gasteiger charge is -2.13. The van der Waals surface area contributed by atoms with E-state index >= 15 is 0 Å². The molecule has 0 heterocycles. The minimum absolute atomic E-state index is 0.0000204. The van der Waals surface area contributed by atoms with E-state index in [1.165, 1.54) is 18.2 Å². The van der Waals surface area contributed by atoms with Crippen molar-refractivity contribution in [3.8, 4) is 12.3 Å². The van der Waals surface area contributed by atoms with Crippen molar-refractivity contribution in [1.29, 1.82) is 0 Å². The number of aryl methyl sites for hydroxylation is 1. The second kappa shape index (κ2) is 6.55. The number of carboxylic acids is 1. The molecule has 20 heavy (non-hydrogen) atoms. The number of nitrogens with one attached hydrogen (secondary N) is 1. The first-order valence-electron chi connectivity index (χ1n) is 6.13. The fourth-order valence-electron chi connectivity index (χ4n) is 1.78. The molecule has 6 heteroatoms. The lowest BCUT2D eigenvalue weighted by molar-refractivity contribution is 0.0695. The average molecular weight is 295 g/mol. The third-order valence-corrected chi connectivity index (χ3v) is 4.37. The summed E-state index contributed by atoms with van der Waals surface area (Å²) >= 11 is 0. The van der Waals surface area contributed by atoms with Crippen molar-refractivity contribution in [2.24, 2.45) is 0 Å². The van der Waals surface area contributed by atoms with Gasteiger partial charge in [0.25, 0.3) is 0 Å². The third-order valence-electron chi connectivity index (χ3n) is 2.78. The van der Waals surface area contributed by atoms with E-state index < -0.39 is 22.0 Å². The number of hydrogen-bond donors (Lipinski definition) is 2. The van der Waals surface area contributed by atoms with E-state index in [4.69, 9.17) is 11.5 Å². The normalized spacial score (nSPS) is 12.7. The SMILES string of the molecule is C#CCC(C)NS(=O)(=O)c1ccc(CC)c(C(=O)O)c1. The van der Waals surface area contributed by atoms with Gasteiger partial charge in [0.05, 0.1) is 10.5 Å². The summed E-state index contributed by atoms with van der Waals surface area (Å²) in [6.45, 7) is 3.46. The molecule has 0 spiro atoms. The minimum Gasteiger partial charge on any atom is -0.478 e. The number of carbonyl (C=O) groups is 1. The van der Waals surface area contributed by atoms with Gasteiger partial charge in [-0.2, -0.15) is 0 Å². The van der Waals surface area contributed by atoms with Crippen molar-refractivity contribution in [3.05, 3.63) is 29.3 Å². The van der Waals surface area contributed by atoms with Crippen molar-refractivity contribution in [3.63, 3.8) is 0 Å². The highest BCUT2D eigenvalue weighted by Crippen LogP contribution is 2.17. The van der Waals surface area contributed by atoms with Crippen molar-refractivity contribution in [2.45, 2.75) is 37.6 Å². The number of hydrogen-bond acceptors (Lipinski definition) is 3. The minimum atomic E-state index is -3.77. The molecule has 5 nitrogen and oxygen atoms in total. The summed E-state index contributed by atoms with van der Waals surface area (Å²) in [4.78, 5) is 11.1. The standard InChI is InChI=1S/C14H17NO4S/c1-4-6-10(3)15-20(18,19)12-8-7-11(5-2)13(9-12)14(16)17/h1,7-10,15H,5-6H2,2-3H3,(H,16,17). The maximum atomic E-state index is 12.1. The first kappa shape index (κ1) is 16.2. The zero-order valence-electron chi connectivity index (χ0n) is 11.4. The summed E-state index contributed by atoms with van der Waals surface area (Å²) < 4.78 is 26.7. The second-order valence-corrected chi connectivity index (χ2v) is 6.12. The fourth-order valence-corrected chi connectivity index (χ4v) is 3.05. The molecular weight excluding hydrogens is 278 g/mol. The van der Waals surface area contributed by atoms with Crippen LogP contribution in [0.4, 0.5) is 0 Å². The molecule has 1 aromatic carbocycles. The average Bonchev–Trinajstić information content (AvgIpc) is 2.37. The van der Waals surface area contributed by atoms with E-state index in [1.807, 2.05) is 6.92 Å².